The van der Waals surface area contributed by atoms with Crippen molar-refractivity contribution in [2.24, 2.45) is 0 Å². The first-order valence-electron chi connectivity index (χ1n) is 24.9. The molecule has 354 valence electrons. The van der Waals surface area contributed by atoms with E-state index < -0.39 is 23.5 Å². The number of ketones is 2. The molecular weight excluding hydrogens is 819 g/mol. The van der Waals surface area contributed by atoms with Crippen molar-refractivity contribution in [3.63, 3.8) is 0 Å². The first kappa shape index (κ1) is 59.2. The van der Waals surface area contributed by atoms with Gasteiger partial charge in [0.2, 0.25) is 0 Å². The number of nitrogens with zero attached hydrogens (tertiary/aromatic N) is 2. The van der Waals surface area contributed by atoms with Crippen molar-refractivity contribution < 1.29 is 62.6 Å². The molecule has 0 atom stereocenters. The molecule has 0 bridgehead atoms. The summed E-state index contributed by atoms with van der Waals surface area (Å²) in [6.07, 6.45) is 47.5. The number of unbranched alkanes of at least 4 members (excludes halogenated alkanes) is 29. The molecule has 0 aromatic carbocycles. The number of rotatable bonds is 41. The number of aromatic nitrogens is 2. The van der Waals surface area contributed by atoms with E-state index in [4.69, 9.17) is 9.47 Å². The number of ether oxygens (including phenoxy) is 2. The molecule has 0 spiro atoms. The molecule has 0 unspecified atom stereocenters. The normalized spacial score (nSPS) is 10.8. The quantitative estimate of drug-likeness (QED) is 0.0236. The third-order valence-electron chi connectivity index (χ3n) is 11.7. The summed E-state index contributed by atoms with van der Waals surface area (Å²) < 4.78 is 14.6. The Kier molecular flexibility index (Phi) is 40.2. The second kappa shape index (κ2) is 42.1. The molecule has 2 rings (SSSR count). The molecule has 62 heavy (non-hydrogen) atoms. The number of halogens is 2. The van der Waals surface area contributed by atoms with Crippen molar-refractivity contribution in [1.29, 1.82) is 0 Å². The summed E-state index contributed by atoms with van der Waals surface area (Å²) in [5.74, 6) is -2.94. The zero-order valence-corrected chi connectivity index (χ0v) is 40.7. The maximum absolute atomic E-state index is 12.6. The first-order chi connectivity index (χ1) is 29.5. The molecule has 10 heteroatoms. The van der Waals surface area contributed by atoms with Crippen LogP contribution in [-0.2, 0) is 32.2 Å². The van der Waals surface area contributed by atoms with Gasteiger partial charge in [-0.1, -0.05) is 168 Å². The molecule has 0 radical (unpaired) electrons. The van der Waals surface area contributed by atoms with Gasteiger partial charge in [-0.15, -0.1) is 0 Å². The zero-order chi connectivity index (χ0) is 43.1. The Bertz CT molecular complexity index is 1280. The first-order valence-corrected chi connectivity index (χ1v) is 24.9. The highest BCUT2D eigenvalue weighted by Crippen LogP contribution is 2.15. The number of carbonyl (C=O) groups excluding carboxylic acids is 4. The fraction of sp³-hybridized carbons (Fsp3) is 0.731. The standard InChI is InChI=1S/C52H86N2O6.2ClH/c1-3-5-7-9-11-13-15-17-19-21-23-25-27-31-39-53-41-35-47(36-42-53)49(55)51(57)59-45-33-29-30-34-46-60-52(58)50(56)48-37-43-54(44-38-48)40-32-28-26-24-22-20-18-16-14-12-10-8-6-4-2;;/h35-38,41-44H,3-34,39-40,45-46H2,1-2H3;2*1H/q+2;;/p-2. The van der Waals surface area contributed by atoms with E-state index in [2.05, 4.69) is 23.0 Å². The Morgan fingerprint density at radius 2 is 0.581 bits per heavy atom. The Morgan fingerprint density at radius 3 is 0.839 bits per heavy atom. The molecule has 0 fully saturated rings. The number of esters is 2. The lowest BCUT2D eigenvalue weighted by Crippen LogP contribution is -3.00. The molecular formula is C52H86Cl2N2O6. The summed E-state index contributed by atoms with van der Waals surface area (Å²) in [6.45, 7) is 6.65. The van der Waals surface area contributed by atoms with E-state index in [1.54, 1.807) is 24.3 Å². The Balaban J connectivity index is 0.0000186. The molecule has 8 nitrogen and oxygen atoms in total. The van der Waals surface area contributed by atoms with Crippen molar-refractivity contribution >= 4 is 23.5 Å². The SMILES string of the molecule is CCCCCCCCCCCCCCCC[n+]1ccc(C(=O)C(=O)OCCCCCCOC(=O)C(=O)c2cc[n+](CCCCCCCCCCCCCCCC)cc2)cc1.[Cl-].[Cl-]. The molecule has 0 aliphatic rings. The summed E-state index contributed by atoms with van der Waals surface area (Å²) in [4.78, 5) is 49.8. The minimum atomic E-state index is -0.839. The summed E-state index contributed by atoms with van der Waals surface area (Å²) in [7, 11) is 0. The average molecular weight is 906 g/mol. The third kappa shape index (κ3) is 31.1. The van der Waals surface area contributed by atoms with Gasteiger partial charge in [-0.2, -0.15) is 0 Å². The number of pyridine rings is 2. The smallest absolute Gasteiger partial charge is 0.379 e. The van der Waals surface area contributed by atoms with Gasteiger partial charge in [-0.25, -0.2) is 18.7 Å². The number of aryl methyl sites for hydroxylation is 2. The van der Waals surface area contributed by atoms with Crippen LogP contribution in [0.25, 0.3) is 0 Å². The van der Waals surface area contributed by atoms with Crippen molar-refractivity contribution in [3.8, 4) is 0 Å². The lowest BCUT2D eigenvalue weighted by Gasteiger charge is -2.06. The van der Waals surface area contributed by atoms with Gasteiger partial charge in [0.25, 0.3) is 11.6 Å². The third-order valence-corrected chi connectivity index (χ3v) is 11.7. The van der Waals surface area contributed by atoms with E-state index in [-0.39, 0.29) is 38.0 Å². The highest BCUT2D eigenvalue weighted by Gasteiger charge is 2.20. The molecule has 2 aromatic rings. The van der Waals surface area contributed by atoms with Gasteiger partial charge in [0, 0.05) is 48.2 Å². The minimum absolute atomic E-state index is 0. The van der Waals surface area contributed by atoms with E-state index in [1.165, 1.54) is 167 Å². The largest absolute Gasteiger partial charge is 1.00 e. The van der Waals surface area contributed by atoms with Crippen molar-refractivity contribution in [1.82, 2.24) is 0 Å². The molecule has 0 aliphatic carbocycles. The van der Waals surface area contributed by atoms with Gasteiger partial charge in [-0.05, 0) is 38.5 Å². The van der Waals surface area contributed by atoms with Crippen LogP contribution in [0, 0.1) is 0 Å². The van der Waals surface area contributed by atoms with Crippen LogP contribution in [0.5, 0.6) is 0 Å². The average Bonchev–Trinajstić information content (AvgIpc) is 3.27. The number of Topliss-reactive ketones (excluding diaryl/α,β-unsaturated/α-hetero) is 2. The molecule has 0 saturated heterocycles. The van der Waals surface area contributed by atoms with Gasteiger partial charge in [0.05, 0.1) is 13.2 Å². The number of hydrogen-bond donors (Lipinski definition) is 0. The molecule has 2 heterocycles. The summed E-state index contributed by atoms with van der Waals surface area (Å²) >= 11 is 0. The summed E-state index contributed by atoms with van der Waals surface area (Å²) in [5.41, 5.74) is 0.673. The fourth-order valence-electron chi connectivity index (χ4n) is 7.75. The van der Waals surface area contributed by atoms with Gasteiger partial charge < -0.3 is 34.3 Å². The fourth-order valence-corrected chi connectivity index (χ4v) is 7.75. The highest BCUT2D eigenvalue weighted by molar-refractivity contribution is 6.41. The molecule has 0 saturated carbocycles. The number of hydrogen-bond acceptors (Lipinski definition) is 6. The predicted molar refractivity (Wildman–Crippen MR) is 243 cm³/mol. The second-order valence-corrected chi connectivity index (χ2v) is 17.2. The van der Waals surface area contributed by atoms with E-state index >= 15 is 0 Å². The van der Waals surface area contributed by atoms with Crippen LogP contribution >= 0.6 is 0 Å². The van der Waals surface area contributed by atoms with Crippen molar-refractivity contribution in [2.45, 2.75) is 232 Å². The topological polar surface area (TPSA) is 94.5 Å². The Labute approximate surface area is 390 Å². The Hall–Kier alpha value is -2.84. The van der Waals surface area contributed by atoms with Gasteiger partial charge in [-0.3, -0.25) is 9.59 Å². The van der Waals surface area contributed by atoms with Crippen LogP contribution in [0.4, 0.5) is 0 Å². The van der Waals surface area contributed by atoms with E-state index in [9.17, 15) is 19.2 Å². The maximum Gasteiger partial charge on any atom is 0.379 e. The van der Waals surface area contributed by atoms with Gasteiger partial charge >= 0.3 is 11.9 Å². The van der Waals surface area contributed by atoms with Crippen LogP contribution in [0.1, 0.15) is 240 Å². The van der Waals surface area contributed by atoms with Gasteiger partial charge in [0.15, 0.2) is 24.8 Å². The van der Waals surface area contributed by atoms with Crippen LogP contribution in [0.3, 0.4) is 0 Å². The zero-order valence-electron chi connectivity index (χ0n) is 39.2. The van der Waals surface area contributed by atoms with E-state index in [0.717, 1.165) is 38.8 Å². The van der Waals surface area contributed by atoms with Crippen LogP contribution < -0.4 is 33.9 Å². The maximum atomic E-state index is 12.6. The van der Waals surface area contributed by atoms with Crippen molar-refractivity contribution in [2.75, 3.05) is 13.2 Å². The van der Waals surface area contributed by atoms with Crippen LogP contribution in [0.2, 0.25) is 0 Å². The van der Waals surface area contributed by atoms with Crippen molar-refractivity contribution in [3.05, 3.63) is 60.2 Å². The van der Waals surface area contributed by atoms with Crippen LogP contribution in [-0.4, -0.2) is 36.7 Å². The van der Waals surface area contributed by atoms with E-state index in [1.807, 2.05) is 24.8 Å². The number of carbonyl (C=O) groups is 4. The molecule has 2 aromatic heterocycles. The molecule has 0 N–H and O–H groups in total. The highest BCUT2D eigenvalue weighted by atomic mass is 35.5. The monoisotopic (exact) mass is 905 g/mol. The van der Waals surface area contributed by atoms with Crippen LogP contribution in [0.15, 0.2) is 49.1 Å². The van der Waals surface area contributed by atoms with Gasteiger partial charge in [0.1, 0.15) is 13.1 Å². The summed E-state index contributed by atoms with van der Waals surface area (Å²) in [5, 5.41) is 0. The molecule has 0 aliphatic heterocycles. The lowest BCUT2D eigenvalue weighted by molar-refractivity contribution is -0.697. The lowest BCUT2D eigenvalue weighted by atomic mass is 10.0. The molecule has 0 amide bonds. The summed E-state index contributed by atoms with van der Waals surface area (Å²) in [6, 6.07) is 6.76. The predicted octanol–water partition coefficient (Wildman–Crippen LogP) is 6.94. The Morgan fingerprint density at radius 1 is 0.355 bits per heavy atom. The minimum Gasteiger partial charge on any atom is -1.00 e. The van der Waals surface area contributed by atoms with E-state index in [0.29, 0.717) is 24.0 Å². The second-order valence-electron chi connectivity index (χ2n) is 17.2.